The topological polar surface area (TPSA) is 0 Å². The Kier molecular flexibility index (Phi) is 18.3. The SMILES string of the molecule is CCCCCCCCCCCCCC(CCCCCCCC)[N+](C)(C)C. The van der Waals surface area contributed by atoms with Gasteiger partial charge in [0, 0.05) is 0 Å². The summed E-state index contributed by atoms with van der Waals surface area (Å²) in [7, 11) is 7.21. The molecule has 0 aromatic carbocycles. The van der Waals surface area contributed by atoms with E-state index in [0.29, 0.717) is 0 Å². The molecule has 0 saturated heterocycles. The van der Waals surface area contributed by atoms with Crippen molar-refractivity contribution in [3.8, 4) is 0 Å². The van der Waals surface area contributed by atoms with E-state index in [2.05, 4.69) is 35.0 Å². The number of hydrogen-bond acceptors (Lipinski definition) is 0. The van der Waals surface area contributed by atoms with E-state index in [4.69, 9.17) is 0 Å². The quantitative estimate of drug-likeness (QED) is 0.149. The maximum absolute atomic E-state index is 2.40. The van der Waals surface area contributed by atoms with Gasteiger partial charge in [-0.15, -0.1) is 0 Å². The molecule has 0 heterocycles. The van der Waals surface area contributed by atoms with Crippen LogP contribution in [0.5, 0.6) is 0 Å². The van der Waals surface area contributed by atoms with Crippen molar-refractivity contribution in [2.45, 2.75) is 142 Å². The summed E-state index contributed by atoms with van der Waals surface area (Å²) in [5, 5.41) is 0. The maximum Gasteiger partial charge on any atom is 0.0884 e. The molecule has 0 radical (unpaired) electrons. The molecule has 1 unspecified atom stereocenters. The lowest BCUT2D eigenvalue weighted by molar-refractivity contribution is -0.896. The average molecular weight is 369 g/mol. The molecule has 26 heavy (non-hydrogen) atoms. The third-order valence-corrected chi connectivity index (χ3v) is 6.13. The second kappa shape index (κ2) is 18.3. The summed E-state index contributed by atoms with van der Waals surface area (Å²) in [6.45, 7) is 4.61. The van der Waals surface area contributed by atoms with Crippen LogP contribution < -0.4 is 0 Å². The van der Waals surface area contributed by atoms with Crippen LogP contribution in [0.4, 0.5) is 0 Å². The van der Waals surface area contributed by atoms with Crippen molar-refractivity contribution in [3.63, 3.8) is 0 Å². The lowest BCUT2D eigenvalue weighted by atomic mass is 9.98. The minimum atomic E-state index is 0.875. The minimum Gasteiger partial charge on any atom is -0.328 e. The third-order valence-electron chi connectivity index (χ3n) is 6.13. The molecular formula is C25H54N+. The van der Waals surface area contributed by atoms with Crippen molar-refractivity contribution in [1.82, 2.24) is 0 Å². The molecular weight excluding hydrogens is 314 g/mol. The lowest BCUT2D eigenvalue weighted by Gasteiger charge is -2.34. The van der Waals surface area contributed by atoms with Crippen LogP contribution in [0, 0.1) is 0 Å². The molecule has 0 amide bonds. The Hall–Kier alpha value is -0.0400. The van der Waals surface area contributed by atoms with E-state index in [1.165, 1.54) is 122 Å². The van der Waals surface area contributed by atoms with Gasteiger partial charge >= 0.3 is 0 Å². The van der Waals surface area contributed by atoms with Crippen molar-refractivity contribution >= 4 is 0 Å². The Morgan fingerprint density at radius 1 is 0.423 bits per heavy atom. The van der Waals surface area contributed by atoms with Crippen LogP contribution in [0.15, 0.2) is 0 Å². The normalized spacial score (nSPS) is 13.3. The highest BCUT2D eigenvalue weighted by Crippen LogP contribution is 2.20. The van der Waals surface area contributed by atoms with E-state index in [9.17, 15) is 0 Å². The van der Waals surface area contributed by atoms with Gasteiger partial charge in [0.15, 0.2) is 0 Å². The Labute approximate surface area is 167 Å². The van der Waals surface area contributed by atoms with E-state index in [-0.39, 0.29) is 0 Å². The summed E-state index contributed by atoms with van der Waals surface area (Å²) in [6.07, 6.45) is 27.5. The number of unbranched alkanes of at least 4 members (excludes halogenated alkanes) is 15. The molecule has 0 spiro atoms. The molecule has 0 aromatic rings. The predicted octanol–water partition coefficient (Wildman–Crippen LogP) is 8.51. The lowest BCUT2D eigenvalue weighted by Crippen LogP contribution is -2.45. The number of hydrogen-bond donors (Lipinski definition) is 0. The first kappa shape index (κ1) is 26.0. The predicted molar refractivity (Wildman–Crippen MR) is 121 cm³/mol. The van der Waals surface area contributed by atoms with E-state index in [1.54, 1.807) is 0 Å². The van der Waals surface area contributed by atoms with E-state index in [0.717, 1.165) is 10.5 Å². The monoisotopic (exact) mass is 368 g/mol. The van der Waals surface area contributed by atoms with E-state index in [1.807, 2.05) is 0 Å². The maximum atomic E-state index is 2.40. The Morgan fingerprint density at radius 2 is 0.692 bits per heavy atom. The highest BCUT2D eigenvalue weighted by atomic mass is 15.3. The van der Waals surface area contributed by atoms with Gasteiger partial charge in [-0.1, -0.05) is 110 Å². The zero-order valence-electron chi connectivity index (χ0n) is 19.5. The number of quaternary nitrogens is 1. The van der Waals surface area contributed by atoms with Crippen LogP contribution in [0.1, 0.15) is 136 Å². The summed E-state index contributed by atoms with van der Waals surface area (Å²) in [6, 6.07) is 0.875. The van der Waals surface area contributed by atoms with Gasteiger partial charge in [-0.25, -0.2) is 0 Å². The molecule has 1 nitrogen and oxygen atoms in total. The molecule has 0 bridgehead atoms. The van der Waals surface area contributed by atoms with Gasteiger partial charge in [0.25, 0.3) is 0 Å². The third kappa shape index (κ3) is 17.4. The molecule has 1 atom stereocenters. The average Bonchev–Trinajstić information content (AvgIpc) is 2.59. The number of nitrogens with zero attached hydrogens (tertiary/aromatic N) is 1. The van der Waals surface area contributed by atoms with Crippen molar-refractivity contribution < 1.29 is 4.48 Å². The summed E-state index contributed by atoms with van der Waals surface area (Å²) in [5.74, 6) is 0. The Balaban J connectivity index is 3.60. The van der Waals surface area contributed by atoms with Crippen molar-refractivity contribution in [3.05, 3.63) is 0 Å². The second-order valence-electron chi connectivity index (χ2n) is 9.65. The molecule has 0 rings (SSSR count). The fraction of sp³-hybridized carbons (Fsp3) is 1.00. The Morgan fingerprint density at radius 3 is 0.962 bits per heavy atom. The molecule has 0 aliphatic heterocycles. The van der Waals surface area contributed by atoms with Crippen molar-refractivity contribution in [2.24, 2.45) is 0 Å². The molecule has 0 N–H and O–H groups in total. The molecule has 0 aliphatic rings. The highest BCUT2D eigenvalue weighted by molar-refractivity contribution is 4.60. The van der Waals surface area contributed by atoms with Gasteiger partial charge in [-0.2, -0.15) is 0 Å². The van der Waals surface area contributed by atoms with Gasteiger partial charge in [0.05, 0.1) is 27.2 Å². The fourth-order valence-electron chi connectivity index (χ4n) is 4.12. The van der Waals surface area contributed by atoms with Crippen molar-refractivity contribution in [1.29, 1.82) is 0 Å². The summed E-state index contributed by atoms with van der Waals surface area (Å²) < 4.78 is 1.16. The van der Waals surface area contributed by atoms with E-state index >= 15 is 0 Å². The van der Waals surface area contributed by atoms with Gasteiger partial charge in [-0.3, -0.25) is 0 Å². The van der Waals surface area contributed by atoms with Crippen LogP contribution in [-0.2, 0) is 0 Å². The van der Waals surface area contributed by atoms with Gasteiger partial charge in [0.2, 0.25) is 0 Å². The largest absolute Gasteiger partial charge is 0.328 e. The van der Waals surface area contributed by atoms with Crippen molar-refractivity contribution in [2.75, 3.05) is 21.1 Å². The standard InChI is InChI=1S/C25H54N/c1-6-8-10-12-14-15-16-17-18-20-22-24-25(26(3,4)5)23-21-19-13-11-9-7-2/h25H,6-24H2,1-5H3/q+1. The van der Waals surface area contributed by atoms with Crippen LogP contribution in [-0.4, -0.2) is 31.7 Å². The summed E-state index contributed by atoms with van der Waals surface area (Å²) >= 11 is 0. The zero-order chi connectivity index (χ0) is 19.5. The van der Waals surface area contributed by atoms with E-state index < -0.39 is 0 Å². The van der Waals surface area contributed by atoms with Crippen LogP contribution in [0.2, 0.25) is 0 Å². The first-order chi connectivity index (χ1) is 12.5. The number of rotatable bonds is 20. The smallest absolute Gasteiger partial charge is 0.0884 e. The highest BCUT2D eigenvalue weighted by Gasteiger charge is 2.22. The summed E-state index contributed by atoms with van der Waals surface area (Å²) in [4.78, 5) is 0. The first-order valence-electron chi connectivity index (χ1n) is 12.3. The molecule has 0 aromatic heterocycles. The van der Waals surface area contributed by atoms with Gasteiger partial charge in [0.1, 0.15) is 0 Å². The summed E-state index contributed by atoms with van der Waals surface area (Å²) in [5.41, 5.74) is 0. The first-order valence-corrected chi connectivity index (χ1v) is 12.3. The van der Waals surface area contributed by atoms with Crippen LogP contribution in [0.25, 0.3) is 0 Å². The molecule has 0 aliphatic carbocycles. The second-order valence-corrected chi connectivity index (χ2v) is 9.65. The van der Waals surface area contributed by atoms with Gasteiger partial charge < -0.3 is 4.48 Å². The van der Waals surface area contributed by atoms with Gasteiger partial charge in [-0.05, 0) is 25.7 Å². The molecule has 158 valence electrons. The van der Waals surface area contributed by atoms with Crippen LogP contribution in [0.3, 0.4) is 0 Å². The van der Waals surface area contributed by atoms with Crippen LogP contribution >= 0.6 is 0 Å². The Bertz CT molecular complexity index is 266. The zero-order valence-corrected chi connectivity index (χ0v) is 19.5. The molecule has 0 saturated carbocycles. The molecule has 1 heteroatoms. The molecule has 0 fully saturated rings. The minimum absolute atomic E-state index is 0.875. The fourth-order valence-corrected chi connectivity index (χ4v) is 4.12.